The first-order chi connectivity index (χ1) is 16.7. The molecule has 0 radical (unpaired) electrons. The molecule has 1 amide bonds. The highest BCUT2D eigenvalue weighted by atomic mass is 32.2. The van der Waals surface area contributed by atoms with Gasteiger partial charge in [-0.15, -0.1) is 11.8 Å². The van der Waals surface area contributed by atoms with E-state index in [0.717, 1.165) is 28.3 Å². The lowest BCUT2D eigenvalue weighted by molar-refractivity contribution is -0.117. The third kappa shape index (κ3) is 4.87. The topological polar surface area (TPSA) is 93.1 Å². The van der Waals surface area contributed by atoms with Crippen LogP contribution in [0.3, 0.4) is 0 Å². The fraction of sp³-hybridized carbons (Fsp3) is 0.160. The van der Waals surface area contributed by atoms with Crippen LogP contribution in [0.25, 0.3) is 0 Å². The number of nitrogens with zero attached hydrogens (tertiary/aromatic N) is 3. The first-order valence-corrected chi connectivity index (χ1v) is 12.0. The van der Waals surface area contributed by atoms with Crippen LogP contribution in [0.2, 0.25) is 0 Å². The van der Waals surface area contributed by atoms with Crippen LogP contribution in [0.4, 0.5) is 17.1 Å². The number of rotatable bonds is 5. The van der Waals surface area contributed by atoms with Crippen molar-refractivity contribution in [1.82, 2.24) is 21.8 Å². The summed E-state index contributed by atoms with van der Waals surface area (Å²) in [5.41, 5.74) is 13.4. The highest BCUT2D eigenvalue weighted by Gasteiger charge is 2.28. The first-order valence-electron chi connectivity index (χ1n) is 11.0. The molecule has 4 N–H and O–H groups in total. The summed E-state index contributed by atoms with van der Waals surface area (Å²) in [5, 5.41) is 5.01. The molecule has 0 aliphatic carbocycles. The molecule has 3 aromatic carbocycles. The summed E-state index contributed by atoms with van der Waals surface area (Å²) >= 11 is 1.46. The summed E-state index contributed by atoms with van der Waals surface area (Å²) < 4.78 is 0. The van der Waals surface area contributed by atoms with Gasteiger partial charge < -0.3 is 5.32 Å². The maximum Gasteiger partial charge on any atom is 0.235 e. The normalized spacial score (nSPS) is 19.6. The number of carbonyl (C=O) groups excluding carboxylic acids is 1. The second kappa shape index (κ2) is 10.2. The van der Waals surface area contributed by atoms with E-state index in [9.17, 15) is 4.79 Å². The summed E-state index contributed by atoms with van der Waals surface area (Å²) in [6, 6.07) is 27.7. The van der Waals surface area contributed by atoms with E-state index in [4.69, 9.17) is 9.98 Å². The van der Waals surface area contributed by atoms with Crippen LogP contribution in [-0.4, -0.2) is 28.7 Å². The molecule has 2 unspecified atom stereocenters. The SMILES string of the molecule is CC1=Nc2ccccc2N=C(NC(=O)CSC2NNNN2c2ccccc2)C1c1ccccc1. The van der Waals surface area contributed by atoms with E-state index in [-0.39, 0.29) is 23.1 Å². The molecule has 2 heterocycles. The van der Waals surface area contributed by atoms with Crippen LogP contribution >= 0.6 is 11.8 Å². The molecule has 5 rings (SSSR count). The van der Waals surface area contributed by atoms with Crippen LogP contribution in [0.1, 0.15) is 18.4 Å². The number of hydrazine groups is 3. The molecule has 0 bridgehead atoms. The number of hydrogen-bond donors (Lipinski definition) is 4. The summed E-state index contributed by atoms with van der Waals surface area (Å²) in [7, 11) is 0. The van der Waals surface area contributed by atoms with Gasteiger partial charge in [0.25, 0.3) is 0 Å². The molecule has 3 aromatic rings. The second-order valence-electron chi connectivity index (χ2n) is 7.88. The fourth-order valence-electron chi connectivity index (χ4n) is 3.96. The van der Waals surface area contributed by atoms with Crippen molar-refractivity contribution >= 4 is 46.3 Å². The monoisotopic (exact) mass is 471 g/mol. The van der Waals surface area contributed by atoms with Crippen LogP contribution in [0.15, 0.2) is 94.9 Å². The Balaban J connectivity index is 1.34. The number of anilines is 1. The standard InChI is InChI=1S/C25H25N7OS/c1-17-23(18-10-4-2-5-11-18)24(27-21-15-9-8-14-20(21)26-17)28-22(33)16-34-25-29-30-31-32(25)19-12-6-3-7-13-19/h2-15,23,25,29-31H,16H2,1H3,(H,27,28,33). The van der Waals surface area contributed by atoms with Gasteiger partial charge in [0, 0.05) is 5.71 Å². The van der Waals surface area contributed by atoms with Crippen molar-refractivity contribution in [2.24, 2.45) is 9.98 Å². The molecule has 0 aromatic heterocycles. The molecule has 1 fully saturated rings. The Morgan fingerprint density at radius 2 is 1.59 bits per heavy atom. The zero-order chi connectivity index (χ0) is 23.3. The summed E-state index contributed by atoms with van der Waals surface area (Å²) in [4.78, 5) is 22.7. The van der Waals surface area contributed by atoms with Crippen LogP contribution < -0.4 is 26.8 Å². The highest BCUT2D eigenvalue weighted by Crippen LogP contribution is 2.34. The lowest BCUT2D eigenvalue weighted by Crippen LogP contribution is -2.41. The molecule has 0 spiro atoms. The number of nitrogens with one attached hydrogen (secondary N) is 4. The molecule has 8 nitrogen and oxygen atoms in total. The zero-order valence-corrected chi connectivity index (χ0v) is 19.4. The predicted molar refractivity (Wildman–Crippen MR) is 138 cm³/mol. The first kappa shape index (κ1) is 22.3. The smallest absolute Gasteiger partial charge is 0.235 e. The second-order valence-corrected chi connectivity index (χ2v) is 8.95. The van der Waals surface area contributed by atoms with Gasteiger partial charge in [-0.2, -0.15) is 11.1 Å². The molecular formula is C25H25N7OS. The number of para-hydroxylation sites is 3. The van der Waals surface area contributed by atoms with Gasteiger partial charge in [0.2, 0.25) is 5.91 Å². The average molecular weight is 472 g/mol. The van der Waals surface area contributed by atoms with Gasteiger partial charge in [-0.1, -0.05) is 60.7 Å². The van der Waals surface area contributed by atoms with Gasteiger partial charge in [-0.3, -0.25) is 14.8 Å². The van der Waals surface area contributed by atoms with Crippen molar-refractivity contribution in [3.05, 3.63) is 90.5 Å². The summed E-state index contributed by atoms with van der Waals surface area (Å²) in [6.45, 7) is 1.98. The van der Waals surface area contributed by atoms with Gasteiger partial charge in [-0.25, -0.2) is 10.4 Å². The third-order valence-corrected chi connectivity index (χ3v) is 6.60. The molecule has 172 valence electrons. The van der Waals surface area contributed by atoms with Gasteiger partial charge >= 0.3 is 0 Å². The number of carbonyl (C=O) groups is 1. The molecule has 2 aliphatic rings. The third-order valence-electron chi connectivity index (χ3n) is 5.52. The minimum absolute atomic E-state index is 0.126. The molecular weight excluding hydrogens is 446 g/mol. The highest BCUT2D eigenvalue weighted by molar-refractivity contribution is 8.00. The summed E-state index contributed by atoms with van der Waals surface area (Å²) in [6.07, 6.45) is 0. The Bertz CT molecular complexity index is 1220. The largest absolute Gasteiger partial charge is 0.313 e. The average Bonchev–Trinajstić information content (AvgIpc) is 3.28. The fourth-order valence-corrected chi connectivity index (χ4v) is 4.81. The number of hydrogen-bond acceptors (Lipinski definition) is 8. The van der Waals surface area contributed by atoms with Gasteiger partial charge in [0.1, 0.15) is 5.84 Å². The van der Waals surface area contributed by atoms with Crippen LogP contribution in [0.5, 0.6) is 0 Å². The van der Waals surface area contributed by atoms with E-state index in [1.807, 2.05) is 96.9 Å². The van der Waals surface area contributed by atoms with E-state index < -0.39 is 0 Å². The Kier molecular flexibility index (Phi) is 6.68. The van der Waals surface area contributed by atoms with Crippen molar-refractivity contribution < 1.29 is 4.79 Å². The molecule has 9 heteroatoms. The van der Waals surface area contributed by atoms with E-state index in [0.29, 0.717) is 5.84 Å². The molecule has 0 saturated carbocycles. The molecule has 2 atom stereocenters. The van der Waals surface area contributed by atoms with Crippen molar-refractivity contribution in [2.45, 2.75) is 18.3 Å². The van der Waals surface area contributed by atoms with Gasteiger partial charge in [0.15, 0.2) is 5.50 Å². The lowest BCUT2D eigenvalue weighted by Gasteiger charge is -2.23. The van der Waals surface area contributed by atoms with Crippen LogP contribution in [0, 0.1) is 0 Å². The van der Waals surface area contributed by atoms with E-state index in [2.05, 4.69) is 21.8 Å². The van der Waals surface area contributed by atoms with E-state index in [1.165, 1.54) is 11.8 Å². The molecule has 1 saturated heterocycles. The Hall–Kier alpha value is -3.50. The van der Waals surface area contributed by atoms with E-state index >= 15 is 0 Å². The number of aliphatic imine (C=N–C) groups is 2. The minimum atomic E-state index is -0.240. The molecule has 34 heavy (non-hydrogen) atoms. The Labute approximate surface area is 202 Å². The number of amidine groups is 1. The molecule has 2 aliphatic heterocycles. The van der Waals surface area contributed by atoms with E-state index in [1.54, 1.807) is 0 Å². The van der Waals surface area contributed by atoms with Gasteiger partial charge in [0.05, 0.1) is 28.7 Å². The Morgan fingerprint density at radius 1 is 0.941 bits per heavy atom. The quantitative estimate of drug-likeness (QED) is 0.453. The van der Waals surface area contributed by atoms with Crippen LogP contribution in [-0.2, 0) is 4.79 Å². The van der Waals surface area contributed by atoms with Crippen molar-refractivity contribution in [3.63, 3.8) is 0 Å². The maximum atomic E-state index is 13.1. The van der Waals surface area contributed by atoms with Gasteiger partial charge in [-0.05, 0) is 36.8 Å². The Morgan fingerprint density at radius 3 is 2.32 bits per heavy atom. The summed E-state index contributed by atoms with van der Waals surface area (Å²) in [5.74, 6) is 0.455. The number of thioether (sulfide) groups is 1. The number of benzene rings is 3. The predicted octanol–water partition coefficient (Wildman–Crippen LogP) is 3.77. The van der Waals surface area contributed by atoms with Crippen molar-refractivity contribution in [2.75, 3.05) is 10.8 Å². The zero-order valence-electron chi connectivity index (χ0n) is 18.6. The number of amides is 1. The minimum Gasteiger partial charge on any atom is -0.313 e. The number of fused-ring (bicyclic) bond motifs is 1. The lowest BCUT2D eigenvalue weighted by atomic mass is 9.93. The van der Waals surface area contributed by atoms with Crippen molar-refractivity contribution in [1.29, 1.82) is 0 Å². The maximum absolute atomic E-state index is 13.1. The van der Waals surface area contributed by atoms with Crippen molar-refractivity contribution in [3.8, 4) is 0 Å².